The second kappa shape index (κ2) is 18.7. The van der Waals surface area contributed by atoms with E-state index in [4.69, 9.17) is 9.47 Å². The van der Waals surface area contributed by atoms with Gasteiger partial charge in [0.1, 0.15) is 19.3 Å². The highest BCUT2D eigenvalue weighted by molar-refractivity contribution is 6.12. The number of fused-ring (bicyclic) bond motifs is 1. The standard InChI is InChI=1S/C54H51N3O7/c58-49(55-34-54-29-38-20-39(30-54)22-40(21-38)31-54)46-27-41-18-10-11-19-42(41)28-47(46)50(59)57-48(23-35-12-4-1-5-13-35)51(60)56-45-25-43(52(61)63-32-36-14-6-2-7-15-36)24-44(26-45)53(62)64-33-37-16-8-3-9-17-37/h1-19,24-28,38-40,48H,20-23,29-34H2,(H,55,58)(H,56,60)(H,57,59)/t38?,39?,40?,48-,54?/m0/s1. The third kappa shape index (κ3) is 9.92. The summed E-state index contributed by atoms with van der Waals surface area (Å²) in [4.78, 5) is 70.3. The topological polar surface area (TPSA) is 140 Å². The van der Waals surface area contributed by atoms with E-state index in [1.54, 1.807) is 12.1 Å². The van der Waals surface area contributed by atoms with Crippen LogP contribution in [0, 0.1) is 23.2 Å². The van der Waals surface area contributed by atoms with Crippen molar-refractivity contribution in [3.05, 3.63) is 185 Å². The van der Waals surface area contributed by atoms with E-state index in [1.807, 2.05) is 115 Å². The summed E-state index contributed by atoms with van der Waals surface area (Å²) >= 11 is 0. The molecule has 6 aromatic rings. The Labute approximate surface area is 372 Å². The Balaban J connectivity index is 0.979. The van der Waals surface area contributed by atoms with Crippen molar-refractivity contribution in [2.75, 3.05) is 11.9 Å². The molecule has 4 aliphatic rings. The van der Waals surface area contributed by atoms with E-state index in [1.165, 1.54) is 37.5 Å². The number of ether oxygens (including phenoxy) is 2. The van der Waals surface area contributed by atoms with Gasteiger partial charge in [-0.2, -0.15) is 0 Å². The Morgan fingerprint density at radius 2 is 1.00 bits per heavy atom. The van der Waals surface area contributed by atoms with Gasteiger partial charge in [-0.05, 0) is 119 Å². The van der Waals surface area contributed by atoms with Crippen LogP contribution in [0.5, 0.6) is 0 Å². The van der Waals surface area contributed by atoms with Gasteiger partial charge in [-0.25, -0.2) is 9.59 Å². The zero-order valence-electron chi connectivity index (χ0n) is 35.6. The predicted octanol–water partition coefficient (Wildman–Crippen LogP) is 9.48. The lowest BCUT2D eigenvalue weighted by atomic mass is 9.49. The minimum absolute atomic E-state index is 0.00766. The first-order chi connectivity index (χ1) is 31.1. The molecule has 0 radical (unpaired) electrons. The highest BCUT2D eigenvalue weighted by Gasteiger charge is 2.50. The predicted molar refractivity (Wildman–Crippen MR) is 244 cm³/mol. The quantitative estimate of drug-likeness (QED) is 0.0875. The summed E-state index contributed by atoms with van der Waals surface area (Å²) in [5.41, 5.74) is 2.96. The first-order valence-electron chi connectivity index (χ1n) is 22.2. The fourth-order valence-electron chi connectivity index (χ4n) is 10.6. The fourth-order valence-corrected chi connectivity index (χ4v) is 10.6. The van der Waals surface area contributed by atoms with Crippen LogP contribution in [-0.2, 0) is 33.9 Å². The molecule has 0 saturated heterocycles. The largest absolute Gasteiger partial charge is 0.457 e. The molecular formula is C54H51N3O7. The van der Waals surface area contributed by atoms with E-state index in [0.29, 0.717) is 6.54 Å². The number of benzene rings is 6. The van der Waals surface area contributed by atoms with Crippen molar-refractivity contribution in [3.63, 3.8) is 0 Å². The van der Waals surface area contributed by atoms with Crippen molar-refractivity contribution < 1.29 is 33.4 Å². The molecule has 0 aromatic heterocycles. The molecule has 0 aliphatic heterocycles. The maximum Gasteiger partial charge on any atom is 0.338 e. The monoisotopic (exact) mass is 853 g/mol. The van der Waals surface area contributed by atoms with Gasteiger partial charge < -0.3 is 25.4 Å². The van der Waals surface area contributed by atoms with E-state index in [0.717, 1.165) is 64.5 Å². The first kappa shape index (κ1) is 42.2. The van der Waals surface area contributed by atoms with Gasteiger partial charge in [0.05, 0.1) is 22.3 Å². The molecule has 0 spiro atoms. The minimum atomic E-state index is -1.15. The molecule has 10 nitrogen and oxygen atoms in total. The molecule has 4 fully saturated rings. The van der Waals surface area contributed by atoms with Crippen molar-refractivity contribution in [1.29, 1.82) is 0 Å². The summed E-state index contributed by atoms with van der Waals surface area (Å²) in [6.45, 7) is 0.557. The zero-order valence-corrected chi connectivity index (χ0v) is 35.6. The zero-order chi connectivity index (χ0) is 44.0. The summed E-state index contributed by atoms with van der Waals surface area (Å²) < 4.78 is 11.2. The molecule has 6 aromatic carbocycles. The Morgan fingerprint density at radius 1 is 0.547 bits per heavy atom. The molecule has 1 atom stereocenters. The molecule has 0 unspecified atom stereocenters. The Kier molecular flexibility index (Phi) is 12.4. The van der Waals surface area contributed by atoms with Gasteiger partial charge in [0.15, 0.2) is 0 Å². The first-order valence-corrected chi connectivity index (χ1v) is 22.2. The van der Waals surface area contributed by atoms with Crippen LogP contribution in [-0.4, -0.2) is 42.2 Å². The summed E-state index contributed by atoms with van der Waals surface area (Å²) in [6, 6.07) is 41.8. The fraction of sp³-hybridized carbons (Fsp3) is 0.278. The van der Waals surface area contributed by atoms with Crippen LogP contribution in [0.15, 0.2) is 146 Å². The lowest BCUT2D eigenvalue weighted by molar-refractivity contribution is -0.118. The SMILES string of the molecule is O=C(OCc1ccccc1)c1cc(NC(=O)[C@H](Cc2ccccc2)NC(=O)c2cc3ccccc3cc2C(=O)NCC23CC4CC(CC(C4)C2)C3)cc(C(=O)OCc2ccccc2)c1. The van der Waals surface area contributed by atoms with E-state index in [2.05, 4.69) is 16.0 Å². The normalized spacial score (nSPS) is 19.9. The van der Waals surface area contributed by atoms with Gasteiger partial charge in [-0.1, -0.05) is 115 Å². The van der Waals surface area contributed by atoms with E-state index < -0.39 is 29.8 Å². The van der Waals surface area contributed by atoms with Crippen LogP contribution in [0.2, 0.25) is 0 Å². The summed E-state index contributed by atoms with van der Waals surface area (Å²) in [5.74, 6) is -0.753. The summed E-state index contributed by atoms with van der Waals surface area (Å²) in [6.07, 6.45) is 7.40. The van der Waals surface area contributed by atoms with Gasteiger partial charge in [-0.3, -0.25) is 14.4 Å². The summed E-state index contributed by atoms with van der Waals surface area (Å²) in [7, 11) is 0. The molecule has 4 bridgehead atoms. The lowest BCUT2D eigenvalue weighted by Crippen LogP contribution is -2.51. The van der Waals surface area contributed by atoms with Crippen LogP contribution in [0.25, 0.3) is 10.8 Å². The van der Waals surface area contributed by atoms with E-state index in [-0.39, 0.29) is 58.9 Å². The van der Waals surface area contributed by atoms with Gasteiger partial charge in [-0.15, -0.1) is 0 Å². The van der Waals surface area contributed by atoms with Gasteiger partial charge in [0.2, 0.25) is 5.91 Å². The van der Waals surface area contributed by atoms with Crippen molar-refractivity contribution >= 4 is 46.1 Å². The molecule has 3 amide bonds. The second-order valence-electron chi connectivity index (χ2n) is 18.0. The number of carbonyl (C=O) groups is 5. The number of rotatable bonds is 15. The lowest BCUT2D eigenvalue weighted by Gasteiger charge is -2.56. The van der Waals surface area contributed by atoms with Crippen molar-refractivity contribution in [1.82, 2.24) is 10.6 Å². The average Bonchev–Trinajstić information content (AvgIpc) is 3.31. The molecule has 324 valence electrons. The van der Waals surface area contributed by atoms with Crippen LogP contribution >= 0.6 is 0 Å². The molecular weight excluding hydrogens is 803 g/mol. The number of hydrogen-bond donors (Lipinski definition) is 3. The van der Waals surface area contributed by atoms with Gasteiger partial charge in [0, 0.05) is 18.7 Å². The number of hydrogen-bond acceptors (Lipinski definition) is 7. The second-order valence-corrected chi connectivity index (χ2v) is 18.0. The third-order valence-corrected chi connectivity index (χ3v) is 13.2. The van der Waals surface area contributed by atoms with Gasteiger partial charge in [0.25, 0.3) is 11.8 Å². The molecule has 10 rings (SSSR count). The molecule has 0 heterocycles. The van der Waals surface area contributed by atoms with Crippen LogP contribution in [0.3, 0.4) is 0 Å². The average molecular weight is 854 g/mol. The number of anilines is 1. The maximum absolute atomic E-state index is 14.6. The van der Waals surface area contributed by atoms with Crippen molar-refractivity contribution in [2.24, 2.45) is 23.2 Å². The van der Waals surface area contributed by atoms with Crippen molar-refractivity contribution in [3.8, 4) is 0 Å². The Morgan fingerprint density at radius 3 is 1.50 bits per heavy atom. The van der Waals surface area contributed by atoms with Crippen molar-refractivity contribution in [2.45, 2.75) is 64.2 Å². The smallest absolute Gasteiger partial charge is 0.338 e. The summed E-state index contributed by atoms with van der Waals surface area (Å²) in [5, 5.41) is 10.7. The van der Waals surface area contributed by atoms with Crippen LogP contribution in [0.1, 0.15) is 96.6 Å². The maximum atomic E-state index is 14.6. The number of amides is 3. The Hall–Kier alpha value is -7.07. The van der Waals surface area contributed by atoms with E-state index in [9.17, 15) is 24.0 Å². The number of nitrogens with one attached hydrogen (secondary N) is 3. The molecule has 10 heteroatoms. The molecule has 64 heavy (non-hydrogen) atoms. The molecule has 3 N–H and O–H groups in total. The Bertz CT molecular complexity index is 2580. The van der Waals surface area contributed by atoms with Crippen LogP contribution in [0.4, 0.5) is 5.69 Å². The molecule has 4 aliphatic carbocycles. The number of esters is 2. The third-order valence-electron chi connectivity index (χ3n) is 13.2. The highest BCUT2D eigenvalue weighted by atomic mass is 16.5. The van der Waals surface area contributed by atoms with E-state index >= 15 is 0 Å². The van der Waals surface area contributed by atoms with Crippen LogP contribution < -0.4 is 16.0 Å². The minimum Gasteiger partial charge on any atom is -0.457 e. The molecule has 4 saturated carbocycles. The highest BCUT2D eigenvalue weighted by Crippen LogP contribution is 2.59. The number of carbonyl (C=O) groups excluding carboxylic acids is 5. The van der Waals surface area contributed by atoms with Gasteiger partial charge >= 0.3 is 11.9 Å².